The molecule has 550 valence electrons. The topological polar surface area (TPSA) is 364 Å². The third-order valence-corrected chi connectivity index (χ3v) is 20.4. The van der Waals surface area contributed by atoms with Crippen molar-refractivity contribution in [1.29, 1.82) is 0 Å². The van der Waals surface area contributed by atoms with Gasteiger partial charge >= 0.3 is 0 Å². The lowest BCUT2D eigenvalue weighted by Crippen LogP contribution is -2.33. The van der Waals surface area contributed by atoms with Crippen LogP contribution in [0.15, 0.2) is 121 Å². The summed E-state index contributed by atoms with van der Waals surface area (Å²) >= 11 is 23.8. The van der Waals surface area contributed by atoms with Gasteiger partial charge in [-0.15, -0.1) is 15.3 Å². The summed E-state index contributed by atoms with van der Waals surface area (Å²) < 4.78 is 69.2. The first-order valence-corrected chi connectivity index (χ1v) is 38.6. The number of nitro groups is 1. The van der Waals surface area contributed by atoms with Crippen LogP contribution in [-0.2, 0) is 29.6 Å². The third kappa shape index (κ3) is 23.4. The number of hydrogen-bond donors (Lipinski definition) is 7. The number of hydrogen-bond acceptors (Lipinski definition) is 17. The van der Waals surface area contributed by atoms with Crippen LogP contribution in [0.2, 0.25) is 15.1 Å². The number of H-pyrrole nitrogens is 3. The number of nitrogens with two attached hydrogens (primary N) is 1. The summed E-state index contributed by atoms with van der Waals surface area (Å²) in [6.07, 6.45) is 13.9. The van der Waals surface area contributed by atoms with Crippen LogP contribution in [0.5, 0.6) is 11.5 Å². The Hall–Kier alpha value is -9.26. The molecule has 0 aliphatic carbocycles. The van der Waals surface area contributed by atoms with Crippen molar-refractivity contribution in [2.75, 3.05) is 32.0 Å². The summed E-state index contributed by atoms with van der Waals surface area (Å²) in [6, 6.07) is 33.8. The van der Waals surface area contributed by atoms with Gasteiger partial charge in [-0.2, -0.15) is 13.9 Å². The van der Waals surface area contributed by atoms with E-state index >= 15 is 0 Å². The van der Waals surface area contributed by atoms with Gasteiger partial charge in [-0.3, -0.25) is 44.4 Å². The van der Waals surface area contributed by atoms with E-state index in [0.717, 1.165) is 60.3 Å². The molecule has 6 heterocycles. The van der Waals surface area contributed by atoms with Crippen molar-refractivity contribution in [1.82, 2.24) is 59.4 Å². The minimum Gasteiger partial charge on any atom is -0.482 e. The van der Waals surface area contributed by atoms with Crippen molar-refractivity contribution in [2.24, 2.45) is 0 Å². The Labute approximate surface area is 617 Å². The van der Waals surface area contributed by atoms with E-state index in [9.17, 15) is 36.5 Å². The number of aromatic nitrogens is 12. The lowest BCUT2D eigenvalue weighted by Gasteiger charge is -2.19. The molecule has 5 aromatic carbocycles. The predicted molar refractivity (Wildman–Crippen MR) is 407 cm³/mol. The fraction of sp³-hybridized carbons (Fsp3) is 0.371. The number of fused-ring (bicyclic) bond motifs is 3. The van der Waals surface area contributed by atoms with Gasteiger partial charge in [-0.05, 0) is 174 Å². The number of aromatic amines is 3. The fourth-order valence-corrected chi connectivity index (χ4v) is 13.3. The van der Waals surface area contributed by atoms with E-state index < -0.39 is 42.4 Å². The summed E-state index contributed by atoms with van der Waals surface area (Å²) in [5.41, 5.74) is 14.5. The Balaban J connectivity index is 0.000000196. The molecule has 0 aliphatic heterocycles. The first-order valence-electron chi connectivity index (χ1n) is 33.8. The zero-order valence-electron chi connectivity index (χ0n) is 58.2. The molecule has 6 aromatic heterocycles. The van der Waals surface area contributed by atoms with Crippen LogP contribution in [0, 0.1) is 30.9 Å². The van der Waals surface area contributed by atoms with Gasteiger partial charge in [0.1, 0.15) is 26.6 Å². The average Bonchev–Trinajstić information content (AvgIpc) is 1.65. The molecule has 103 heavy (non-hydrogen) atoms. The molecule has 8 N–H and O–H groups in total. The van der Waals surface area contributed by atoms with Gasteiger partial charge in [0.15, 0.2) is 46.6 Å². The monoisotopic (exact) mass is 1530 g/mol. The fourth-order valence-electron chi connectivity index (χ4n) is 10.2. The summed E-state index contributed by atoms with van der Waals surface area (Å²) in [7, 11) is -6.72. The molecular weight excluding hydrogens is 1440 g/mol. The number of nitrogens with zero attached hydrogens (tertiary/aromatic N) is 10. The summed E-state index contributed by atoms with van der Waals surface area (Å²) in [6.45, 7) is 13.2. The van der Waals surface area contributed by atoms with E-state index in [1.165, 1.54) is 68.6 Å². The van der Waals surface area contributed by atoms with Crippen molar-refractivity contribution in [3.05, 3.63) is 164 Å². The molecule has 0 saturated carbocycles. The maximum atomic E-state index is 13.5. The summed E-state index contributed by atoms with van der Waals surface area (Å²) in [5, 5.41) is 36.7. The number of sulfonamides is 2. The molecule has 11 aromatic rings. The Morgan fingerprint density at radius 2 is 0.874 bits per heavy atom. The van der Waals surface area contributed by atoms with Crippen molar-refractivity contribution in [3.8, 4) is 45.7 Å². The molecule has 0 fully saturated rings. The minimum absolute atomic E-state index is 0.0300. The maximum absolute atomic E-state index is 13.5. The number of amides is 1. The molecular formula is C70H85Cl4N17O10S2. The number of nitro benzene ring substituents is 1. The molecule has 2 unspecified atom stereocenters. The van der Waals surface area contributed by atoms with E-state index in [-0.39, 0.29) is 23.1 Å². The number of nitrogens with one attached hydrogen (secondary N) is 6. The van der Waals surface area contributed by atoms with Gasteiger partial charge in [0.2, 0.25) is 20.0 Å². The number of carbonyl (C=O) groups excluding carboxylic acids is 2. The van der Waals surface area contributed by atoms with Crippen LogP contribution in [0.1, 0.15) is 141 Å². The molecule has 1 amide bonds. The highest BCUT2D eigenvalue weighted by Gasteiger charge is 2.23. The van der Waals surface area contributed by atoms with Crippen molar-refractivity contribution in [3.63, 3.8) is 0 Å². The maximum Gasteiger partial charge on any atom is 0.269 e. The van der Waals surface area contributed by atoms with E-state index in [0.29, 0.717) is 109 Å². The first kappa shape index (κ1) is 79.4. The standard InChI is InChI=1S/C35H49ClN6O4S.C13H18ClNO4S.C11H8ClN5O2.C11H10ClN5/c1-4-6-8-9-10-11-12-13-14-15-16-31(46-30-23-21-29(22-24-30)41-47(44,45)25-7-5-2)35(43)37-28-19-17-27(18-20-28)33-38-34-32(36)26(3)39-42(34)40-33;1-3-4-9-20(17,18)15-11-5-7-12(8-6-11)19-10(2)13(14)16;1-6-9(12)11-13-10(15-16(11)14-6)7-2-4-8(5-3-7)17(18)19;1-6-9(12)11-14-10(16-17(11)15-6)7-2-4-8(13)5-3-7/h17-24,31,39,41H,4-16,25H2,1-3H3,(H,37,43);5-8,10,15H,3-4,9H2,1-2H3;2-5,14H,1H3;2-5,15H,13H2,1H3. The highest BCUT2D eigenvalue weighted by atomic mass is 35.5. The lowest BCUT2D eigenvalue weighted by atomic mass is 10.0. The Kier molecular flexibility index (Phi) is 29.1. The van der Waals surface area contributed by atoms with E-state index in [4.69, 9.17) is 61.6 Å². The van der Waals surface area contributed by atoms with E-state index in [1.807, 2.05) is 83.1 Å². The van der Waals surface area contributed by atoms with Crippen LogP contribution in [0.25, 0.3) is 51.1 Å². The van der Waals surface area contributed by atoms with Crippen molar-refractivity contribution in [2.45, 2.75) is 157 Å². The van der Waals surface area contributed by atoms with Crippen LogP contribution in [0.3, 0.4) is 0 Å². The molecule has 0 bridgehead atoms. The Morgan fingerprint density at radius 1 is 0.524 bits per heavy atom. The number of non-ortho nitro benzene ring substituents is 1. The summed E-state index contributed by atoms with van der Waals surface area (Å²) in [5.74, 6) is 2.49. The number of benzene rings is 5. The number of carbonyl (C=O) groups is 2. The van der Waals surface area contributed by atoms with Crippen LogP contribution >= 0.6 is 46.4 Å². The molecule has 11 rings (SSSR count). The van der Waals surface area contributed by atoms with Crippen LogP contribution < -0.4 is 30.0 Å². The van der Waals surface area contributed by atoms with Gasteiger partial charge < -0.3 is 20.5 Å². The third-order valence-electron chi connectivity index (χ3n) is 15.9. The Morgan fingerprint density at radius 3 is 1.24 bits per heavy atom. The number of halogens is 4. The van der Waals surface area contributed by atoms with Gasteiger partial charge in [0.05, 0.1) is 33.5 Å². The summed E-state index contributed by atoms with van der Waals surface area (Å²) in [4.78, 5) is 47.7. The molecule has 27 nitrogen and oxygen atoms in total. The van der Waals surface area contributed by atoms with Crippen molar-refractivity contribution >= 4 is 123 Å². The van der Waals surface area contributed by atoms with E-state index in [2.05, 4.69) is 67.2 Å². The van der Waals surface area contributed by atoms with E-state index in [1.54, 1.807) is 69.9 Å². The second-order valence-electron chi connectivity index (χ2n) is 24.4. The molecule has 0 spiro atoms. The quantitative estimate of drug-likeness (QED) is 0.00677. The number of aryl methyl sites for hydroxylation is 3. The average molecular weight is 1530 g/mol. The first-order chi connectivity index (χ1) is 49.2. The molecule has 2 atom stereocenters. The molecule has 0 saturated heterocycles. The largest absolute Gasteiger partial charge is 0.482 e. The SMILES string of the molecule is CCCCCCCCCCCCC(Oc1ccc(NS(=O)(=O)CCCC)cc1)C(=O)Nc1ccc(-c2nc3c(Cl)c(C)[nH]n3n2)cc1.CCCCS(=O)(=O)Nc1ccc(OC(C)C(=O)Cl)cc1.Cc1[nH]n2nc(-c3ccc(N)cc3)nc2c1Cl.Cc1[nH]n2nc(-c3ccc([N+](=O)[O-])cc3)nc2c1Cl. The number of anilines is 4. The predicted octanol–water partition coefficient (Wildman–Crippen LogP) is 16.5. The van der Waals surface area contributed by atoms with Crippen molar-refractivity contribution < 1.29 is 40.8 Å². The molecule has 0 aliphatic rings. The number of nitrogen functional groups attached to an aromatic ring is 1. The van der Waals surface area contributed by atoms with Crippen LogP contribution in [-0.4, -0.2) is 116 Å². The number of unbranched alkanes of at least 4 members (excludes halogenated alkanes) is 11. The minimum atomic E-state index is -3.41. The number of rotatable bonds is 32. The van der Waals surface area contributed by atoms with Gasteiger partial charge in [0, 0.05) is 51.6 Å². The van der Waals surface area contributed by atoms with Gasteiger partial charge in [-0.1, -0.05) is 126 Å². The zero-order chi connectivity index (χ0) is 74.4. The lowest BCUT2D eigenvalue weighted by molar-refractivity contribution is -0.384. The highest BCUT2D eigenvalue weighted by molar-refractivity contribution is 7.92. The second kappa shape index (κ2) is 37.8. The smallest absolute Gasteiger partial charge is 0.269 e. The molecule has 0 radical (unpaired) electrons. The van der Waals surface area contributed by atoms with Gasteiger partial charge in [-0.25, -0.2) is 31.8 Å². The Bertz CT molecular complexity index is 4810. The second-order valence-corrected chi connectivity index (χ2v) is 29.6. The van der Waals surface area contributed by atoms with Gasteiger partial charge in [0.25, 0.3) is 16.8 Å². The zero-order valence-corrected chi connectivity index (χ0v) is 62.8. The number of ether oxygens (including phenoxy) is 2. The normalized spacial score (nSPS) is 12.0. The highest BCUT2D eigenvalue weighted by Crippen LogP contribution is 2.29. The molecule has 33 heteroatoms. The van der Waals surface area contributed by atoms with Crippen LogP contribution in [0.4, 0.5) is 28.4 Å².